The van der Waals surface area contributed by atoms with Gasteiger partial charge >= 0.3 is 6.18 Å². The molecule has 1 aromatic carbocycles. The highest BCUT2D eigenvalue weighted by molar-refractivity contribution is 5.34. The van der Waals surface area contributed by atoms with Gasteiger partial charge in [0.1, 0.15) is 5.82 Å². The van der Waals surface area contributed by atoms with Gasteiger partial charge in [-0.15, -0.1) is 0 Å². The Balaban J connectivity index is 2.50. The van der Waals surface area contributed by atoms with Crippen LogP contribution in [0.5, 0.6) is 0 Å². The minimum atomic E-state index is -4.74. The zero-order chi connectivity index (χ0) is 14.2. The number of alkyl halides is 3. The molecule has 1 atom stereocenters. The quantitative estimate of drug-likeness (QED) is 0.855. The molecule has 0 amide bonds. The first-order valence-electron chi connectivity index (χ1n) is 5.41. The van der Waals surface area contributed by atoms with Crippen molar-refractivity contribution < 1.29 is 17.6 Å². The number of rotatable bonds is 2. The van der Waals surface area contributed by atoms with E-state index in [-0.39, 0.29) is 5.56 Å². The molecule has 3 nitrogen and oxygen atoms in total. The Hall–Kier alpha value is -1.89. The summed E-state index contributed by atoms with van der Waals surface area (Å²) in [4.78, 5) is 0. The van der Waals surface area contributed by atoms with Crippen molar-refractivity contribution in [2.75, 3.05) is 0 Å². The zero-order valence-corrected chi connectivity index (χ0v) is 9.95. The van der Waals surface area contributed by atoms with Crippen LogP contribution in [0.25, 0.3) is 0 Å². The van der Waals surface area contributed by atoms with E-state index < -0.39 is 23.6 Å². The second-order valence-corrected chi connectivity index (χ2v) is 4.06. The number of halogens is 4. The van der Waals surface area contributed by atoms with Gasteiger partial charge in [0.15, 0.2) is 0 Å². The molecule has 2 aromatic rings. The first-order chi connectivity index (χ1) is 8.82. The molecule has 7 heteroatoms. The third-order valence-corrected chi connectivity index (χ3v) is 2.85. The highest BCUT2D eigenvalue weighted by Crippen LogP contribution is 2.34. The maximum atomic E-state index is 13.9. The van der Waals surface area contributed by atoms with Crippen LogP contribution in [0.3, 0.4) is 0 Å². The van der Waals surface area contributed by atoms with Crippen molar-refractivity contribution >= 4 is 0 Å². The summed E-state index contributed by atoms with van der Waals surface area (Å²) in [5.41, 5.74) is 4.71. The van der Waals surface area contributed by atoms with Crippen LogP contribution < -0.4 is 5.73 Å². The van der Waals surface area contributed by atoms with Crippen molar-refractivity contribution in [2.24, 2.45) is 12.8 Å². The molecule has 0 bridgehead atoms. The topological polar surface area (TPSA) is 43.8 Å². The molecule has 2 N–H and O–H groups in total. The standard InChI is InChI=1S/C12H11F4N3/c1-19-9(5-6-18-19)11(17)7-3-2-4-8(10(7)13)12(14,15)16/h2-6,11H,17H2,1H3. The minimum absolute atomic E-state index is 0.210. The second kappa shape index (κ2) is 4.65. The summed E-state index contributed by atoms with van der Waals surface area (Å²) >= 11 is 0. The fraction of sp³-hybridized carbons (Fsp3) is 0.250. The Bertz CT molecular complexity index is 589. The molecule has 0 saturated heterocycles. The fourth-order valence-electron chi connectivity index (χ4n) is 1.86. The van der Waals surface area contributed by atoms with Gasteiger partial charge in [0.2, 0.25) is 0 Å². The van der Waals surface area contributed by atoms with E-state index in [0.717, 1.165) is 6.07 Å². The van der Waals surface area contributed by atoms with Gasteiger partial charge in [-0.05, 0) is 12.1 Å². The molecule has 0 aliphatic heterocycles. The number of aryl methyl sites for hydroxylation is 1. The Morgan fingerprint density at radius 3 is 2.47 bits per heavy atom. The van der Waals surface area contributed by atoms with Gasteiger partial charge in [-0.3, -0.25) is 4.68 Å². The zero-order valence-electron chi connectivity index (χ0n) is 9.95. The van der Waals surface area contributed by atoms with Crippen LogP contribution in [-0.4, -0.2) is 9.78 Å². The normalized spacial score (nSPS) is 13.6. The van der Waals surface area contributed by atoms with Crippen molar-refractivity contribution in [3.8, 4) is 0 Å². The van der Waals surface area contributed by atoms with E-state index in [1.807, 2.05) is 0 Å². The average molecular weight is 273 g/mol. The molecule has 0 radical (unpaired) electrons. The lowest BCUT2D eigenvalue weighted by Gasteiger charge is -2.16. The predicted octanol–water partition coefficient (Wildman–Crippen LogP) is 2.63. The summed E-state index contributed by atoms with van der Waals surface area (Å²) in [6.45, 7) is 0. The van der Waals surface area contributed by atoms with Crippen molar-refractivity contribution in [1.82, 2.24) is 9.78 Å². The predicted molar refractivity (Wildman–Crippen MR) is 60.6 cm³/mol. The van der Waals surface area contributed by atoms with E-state index >= 15 is 0 Å². The van der Waals surface area contributed by atoms with Gasteiger partial charge in [0.05, 0.1) is 17.3 Å². The summed E-state index contributed by atoms with van der Waals surface area (Å²) in [5, 5.41) is 3.86. The van der Waals surface area contributed by atoms with Crippen molar-refractivity contribution in [1.29, 1.82) is 0 Å². The van der Waals surface area contributed by atoms with Gasteiger partial charge in [0.25, 0.3) is 0 Å². The lowest BCUT2D eigenvalue weighted by atomic mass is 10.0. The number of hydrogen-bond donors (Lipinski definition) is 1. The van der Waals surface area contributed by atoms with Gasteiger partial charge in [-0.2, -0.15) is 18.3 Å². The van der Waals surface area contributed by atoms with Crippen LogP contribution >= 0.6 is 0 Å². The molecular formula is C12H11F4N3. The monoisotopic (exact) mass is 273 g/mol. The van der Waals surface area contributed by atoms with E-state index in [9.17, 15) is 17.6 Å². The average Bonchev–Trinajstić information content (AvgIpc) is 2.73. The first-order valence-corrected chi connectivity index (χ1v) is 5.41. The van der Waals surface area contributed by atoms with Crippen LogP contribution in [-0.2, 0) is 13.2 Å². The molecule has 102 valence electrons. The minimum Gasteiger partial charge on any atom is -0.319 e. The maximum absolute atomic E-state index is 13.9. The first kappa shape index (κ1) is 13.5. The number of benzene rings is 1. The van der Waals surface area contributed by atoms with Crippen LogP contribution in [0.1, 0.15) is 22.9 Å². The summed E-state index contributed by atoms with van der Waals surface area (Å²) in [5.74, 6) is -1.34. The smallest absolute Gasteiger partial charge is 0.319 e. The molecule has 2 rings (SSSR count). The largest absolute Gasteiger partial charge is 0.419 e. The summed E-state index contributed by atoms with van der Waals surface area (Å²) < 4.78 is 53.2. The maximum Gasteiger partial charge on any atom is 0.419 e. The SMILES string of the molecule is Cn1nccc1C(N)c1cccc(C(F)(F)F)c1F. The second-order valence-electron chi connectivity index (χ2n) is 4.06. The molecule has 19 heavy (non-hydrogen) atoms. The van der Waals surface area contributed by atoms with Crippen molar-refractivity contribution in [3.63, 3.8) is 0 Å². The molecular weight excluding hydrogens is 262 g/mol. The highest BCUT2D eigenvalue weighted by Gasteiger charge is 2.35. The lowest BCUT2D eigenvalue weighted by molar-refractivity contribution is -0.140. The highest BCUT2D eigenvalue weighted by atomic mass is 19.4. The molecule has 0 saturated carbocycles. The van der Waals surface area contributed by atoms with E-state index in [4.69, 9.17) is 5.73 Å². The van der Waals surface area contributed by atoms with E-state index in [0.29, 0.717) is 11.8 Å². The van der Waals surface area contributed by atoms with Gasteiger partial charge in [-0.25, -0.2) is 4.39 Å². The Labute approximate surface area is 106 Å². The molecule has 1 heterocycles. The van der Waals surface area contributed by atoms with E-state index in [1.165, 1.54) is 23.0 Å². The Morgan fingerprint density at radius 2 is 1.95 bits per heavy atom. The number of hydrogen-bond acceptors (Lipinski definition) is 2. The van der Waals surface area contributed by atoms with Crippen molar-refractivity contribution in [3.05, 3.63) is 53.1 Å². The molecule has 0 aliphatic carbocycles. The number of nitrogens with two attached hydrogens (primary N) is 1. The third-order valence-electron chi connectivity index (χ3n) is 2.85. The number of aromatic nitrogens is 2. The fourth-order valence-corrected chi connectivity index (χ4v) is 1.86. The van der Waals surface area contributed by atoms with Gasteiger partial charge in [-0.1, -0.05) is 12.1 Å². The molecule has 0 aliphatic rings. The molecule has 0 fully saturated rings. The third kappa shape index (κ3) is 2.46. The molecule has 1 aromatic heterocycles. The van der Waals surface area contributed by atoms with Crippen LogP contribution in [0.2, 0.25) is 0 Å². The van der Waals surface area contributed by atoms with Crippen LogP contribution in [0, 0.1) is 5.82 Å². The Morgan fingerprint density at radius 1 is 1.26 bits per heavy atom. The summed E-state index contributed by atoms with van der Waals surface area (Å²) in [7, 11) is 1.58. The number of nitrogens with zero attached hydrogens (tertiary/aromatic N) is 2. The summed E-state index contributed by atoms with van der Waals surface area (Å²) in [6.07, 6.45) is -3.30. The van der Waals surface area contributed by atoms with E-state index in [2.05, 4.69) is 5.10 Å². The van der Waals surface area contributed by atoms with Crippen LogP contribution in [0.15, 0.2) is 30.5 Å². The molecule has 0 spiro atoms. The summed E-state index contributed by atoms with van der Waals surface area (Å²) in [6, 6.07) is 3.59. The lowest BCUT2D eigenvalue weighted by Crippen LogP contribution is -2.19. The van der Waals surface area contributed by atoms with Crippen molar-refractivity contribution in [2.45, 2.75) is 12.2 Å². The van der Waals surface area contributed by atoms with Gasteiger partial charge in [0, 0.05) is 18.8 Å². The van der Waals surface area contributed by atoms with E-state index in [1.54, 1.807) is 7.05 Å². The van der Waals surface area contributed by atoms with Gasteiger partial charge < -0.3 is 5.73 Å². The van der Waals surface area contributed by atoms with Crippen LogP contribution in [0.4, 0.5) is 17.6 Å². The molecule has 1 unspecified atom stereocenters. The Kier molecular flexibility index (Phi) is 3.32.